The minimum atomic E-state index is -4.51. The summed E-state index contributed by atoms with van der Waals surface area (Å²) in [6.45, 7) is 6.59. The number of nitrogens with zero attached hydrogens (tertiary/aromatic N) is 2. The van der Waals surface area contributed by atoms with Crippen molar-refractivity contribution in [3.63, 3.8) is 0 Å². The maximum atomic E-state index is 14.4. The van der Waals surface area contributed by atoms with Crippen LogP contribution in [-0.2, 0) is 20.5 Å². The summed E-state index contributed by atoms with van der Waals surface area (Å²) in [7, 11) is 0. The molecule has 5 rings (SSSR count). The molecule has 6 nitrogen and oxygen atoms in total. The van der Waals surface area contributed by atoms with E-state index in [0.29, 0.717) is 35.7 Å². The van der Waals surface area contributed by atoms with E-state index < -0.39 is 23.3 Å². The van der Waals surface area contributed by atoms with Gasteiger partial charge in [-0.2, -0.15) is 13.2 Å². The highest BCUT2D eigenvalue weighted by atomic mass is 19.4. The first-order chi connectivity index (χ1) is 19.6. The van der Waals surface area contributed by atoms with Crippen LogP contribution in [0, 0.1) is 0 Å². The van der Waals surface area contributed by atoms with Crippen LogP contribution in [0.25, 0.3) is 0 Å². The van der Waals surface area contributed by atoms with E-state index in [4.69, 9.17) is 4.74 Å². The number of carbonyl (C=O) groups excluding carboxylic acids is 2. The fourth-order valence-corrected chi connectivity index (χ4v) is 5.95. The van der Waals surface area contributed by atoms with Gasteiger partial charge < -0.3 is 15.0 Å². The molecule has 1 spiro atoms. The molecule has 41 heavy (non-hydrogen) atoms. The lowest BCUT2D eigenvalue weighted by molar-refractivity contribution is -0.137. The second kappa shape index (κ2) is 11.4. The van der Waals surface area contributed by atoms with E-state index in [-0.39, 0.29) is 18.4 Å². The Morgan fingerprint density at radius 2 is 1.83 bits per heavy atom. The molecule has 1 fully saturated rings. The molecule has 2 amide bonds. The molecule has 2 aromatic carbocycles. The third-order valence-corrected chi connectivity index (χ3v) is 8.23. The molecule has 3 aliphatic rings. The van der Waals surface area contributed by atoms with Crippen molar-refractivity contribution < 1.29 is 27.5 Å². The molecule has 1 atom stereocenters. The second-order valence-electron chi connectivity index (χ2n) is 11.2. The number of ether oxygens (including phenoxy) is 1. The average molecular weight is 568 g/mol. The topological polar surface area (TPSA) is 61.9 Å². The molecule has 218 valence electrons. The first-order valence-electron chi connectivity index (χ1n) is 14.2. The maximum absolute atomic E-state index is 14.4. The molecular weight excluding hydrogens is 531 g/mol. The van der Waals surface area contributed by atoms with Crippen molar-refractivity contribution >= 4 is 23.2 Å². The van der Waals surface area contributed by atoms with Crippen molar-refractivity contribution in [3.8, 4) is 0 Å². The van der Waals surface area contributed by atoms with Crippen LogP contribution < -0.4 is 10.2 Å². The number of nitrogens with one attached hydrogen (secondary N) is 1. The highest BCUT2D eigenvalue weighted by Crippen LogP contribution is 2.55. The van der Waals surface area contributed by atoms with Crippen molar-refractivity contribution in [3.05, 3.63) is 82.6 Å². The Hall–Kier alpha value is -3.59. The number of alkyl halides is 3. The Morgan fingerprint density at radius 3 is 2.44 bits per heavy atom. The number of anilines is 2. The number of rotatable bonds is 8. The summed E-state index contributed by atoms with van der Waals surface area (Å²) in [6.07, 6.45) is 1.67. The van der Waals surface area contributed by atoms with Crippen LogP contribution in [0.5, 0.6) is 0 Å². The van der Waals surface area contributed by atoms with Crippen LogP contribution in [0.3, 0.4) is 0 Å². The molecular formula is C32H36F3N3O3. The van der Waals surface area contributed by atoms with E-state index in [0.717, 1.165) is 55.5 Å². The summed E-state index contributed by atoms with van der Waals surface area (Å²) in [5, 5.41) is 3.54. The summed E-state index contributed by atoms with van der Waals surface area (Å²) in [6, 6.07) is 11.2. The molecule has 1 unspecified atom stereocenters. The fraction of sp³-hybridized carbons (Fsp3) is 0.438. The van der Waals surface area contributed by atoms with Gasteiger partial charge in [0.15, 0.2) is 0 Å². The van der Waals surface area contributed by atoms with Gasteiger partial charge in [0.2, 0.25) is 0 Å². The lowest BCUT2D eigenvalue weighted by Gasteiger charge is -2.47. The van der Waals surface area contributed by atoms with Gasteiger partial charge >= 0.3 is 6.18 Å². The zero-order valence-corrected chi connectivity index (χ0v) is 23.7. The lowest BCUT2D eigenvalue weighted by Crippen LogP contribution is -2.54. The Balaban J connectivity index is 1.69. The fourth-order valence-electron chi connectivity index (χ4n) is 5.95. The number of halogens is 3. The van der Waals surface area contributed by atoms with E-state index in [2.05, 4.69) is 5.32 Å². The molecule has 1 aliphatic carbocycles. The van der Waals surface area contributed by atoms with E-state index in [1.165, 1.54) is 17.0 Å². The van der Waals surface area contributed by atoms with E-state index in [1.807, 2.05) is 43.9 Å². The largest absolute Gasteiger partial charge is 0.416 e. The van der Waals surface area contributed by atoms with E-state index in [1.54, 1.807) is 12.1 Å². The zero-order valence-electron chi connectivity index (χ0n) is 23.7. The molecule has 2 aromatic rings. The van der Waals surface area contributed by atoms with Crippen molar-refractivity contribution in [2.75, 3.05) is 30.0 Å². The van der Waals surface area contributed by atoms with E-state index in [9.17, 15) is 22.8 Å². The van der Waals surface area contributed by atoms with Gasteiger partial charge in [-0.05, 0) is 69.4 Å². The average Bonchev–Trinajstić information content (AvgIpc) is 3.05. The number of unbranched alkanes of at least 4 members (excludes halogenated alkanes) is 1. The minimum absolute atomic E-state index is 0.213. The third-order valence-electron chi connectivity index (χ3n) is 8.23. The van der Waals surface area contributed by atoms with Crippen LogP contribution in [-0.4, -0.2) is 42.0 Å². The first kappa shape index (κ1) is 28.9. The molecule has 2 aliphatic heterocycles. The van der Waals surface area contributed by atoms with Crippen LogP contribution in [0.4, 0.5) is 24.5 Å². The Labute approximate surface area is 238 Å². The predicted octanol–water partition coefficient (Wildman–Crippen LogP) is 7.01. The Bertz CT molecular complexity index is 1370. The van der Waals surface area contributed by atoms with Gasteiger partial charge in [-0.15, -0.1) is 0 Å². The lowest BCUT2D eigenvalue weighted by atomic mass is 9.73. The number of fused-ring (bicyclic) bond motifs is 2. The number of carbonyl (C=O) groups is 2. The number of benzene rings is 2. The molecule has 0 saturated heterocycles. The first-order valence-corrected chi connectivity index (χ1v) is 14.2. The standard InChI is InChI=1S/C32H36F3N3O3/c1-4-5-19-41-20-26(39)38-25-10-7-6-9-24(25)36-29-27(28(38)22-11-13-23(14-12-22)32(33,34)35)30(40)37(18-15-21(2)3)31(29)16-8-17-31/h6-7,9-15,28,36H,4-5,8,16-20H2,1-3H3. The molecule has 1 saturated carbocycles. The molecule has 1 N–H and O–H groups in total. The van der Waals surface area contributed by atoms with Crippen LogP contribution in [0.1, 0.15) is 70.0 Å². The summed E-state index contributed by atoms with van der Waals surface area (Å²) in [5.41, 5.74) is 2.49. The van der Waals surface area contributed by atoms with Crippen molar-refractivity contribution in [1.29, 1.82) is 0 Å². The normalized spacial score (nSPS) is 19.4. The van der Waals surface area contributed by atoms with Gasteiger partial charge in [0.25, 0.3) is 11.8 Å². The van der Waals surface area contributed by atoms with Gasteiger partial charge in [-0.25, -0.2) is 0 Å². The highest BCUT2D eigenvalue weighted by molar-refractivity contribution is 6.07. The summed E-state index contributed by atoms with van der Waals surface area (Å²) in [5.74, 6) is -0.584. The van der Waals surface area contributed by atoms with Gasteiger partial charge in [-0.1, -0.05) is 49.3 Å². The summed E-state index contributed by atoms with van der Waals surface area (Å²) in [4.78, 5) is 31.8. The van der Waals surface area contributed by atoms with E-state index >= 15 is 0 Å². The quantitative estimate of drug-likeness (QED) is 0.276. The Morgan fingerprint density at radius 1 is 1.12 bits per heavy atom. The van der Waals surface area contributed by atoms with Crippen LogP contribution in [0.15, 0.2) is 71.5 Å². The number of amides is 2. The molecule has 0 bridgehead atoms. The summed E-state index contributed by atoms with van der Waals surface area (Å²) >= 11 is 0. The van der Waals surface area contributed by atoms with Gasteiger partial charge in [0.1, 0.15) is 6.61 Å². The van der Waals surface area contributed by atoms with Gasteiger partial charge in [0, 0.05) is 13.2 Å². The predicted molar refractivity (Wildman–Crippen MR) is 152 cm³/mol. The van der Waals surface area contributed by atoms with Crippen LogP contribution >= 0.6 is 0 Å². The van der Waals surface area contributed by atoms with Crippen LogP contribution in [0.2, 0.25) is 0 Å². The monoisotopic (exact) mass is 567 g/mol. The maximum Gasteiger partial charge on any atom is 0.416 e. The van der Waals surface area contributed by atoms with Crippen molar-refractivity contribution in [2.45, 2.75) is 70.6 Å². The SMILES string of the molecule is CCCCOCC(=O)N1c2ccccc2NC2=C(C(=O)N(CC=C(C)C)C23CCC3)C1c1ccc(C(F)(F)F)cc1. The molecule has 0 aromatic heterocycles. The molecule has 0 radical (unpaired) electrons. The van der Waals surface area contributed by atoms with Gasteiger partial charge in [0.05, 0.1) is 39.8 Å². The molecule has 2 heterocycles. The van der Waals surface area contributed by atoms with Crippen molar-refractivity contribution in [2.24, 2.45) is 0 Å². The smallest absolute Gasteiger partial charge is 0.372 e. The number of hydrogen-bond donors (Lipinski definition) is 1. The molecule has 9 heteroatoms. The highest BCUT2D eigenvalue weighted by Gasteiger charge is 2.58. The van der Waals surface area contributed by atoms with Crippen molar-refractivity contribution in [1.82, 2.24) is 4.90 Å². The zero-order chi connectivity index (χ0) is 29.4. The minimum Gasteiger partial charge on any atom is -0.372 e. The third kappa shape index (κ3) is 5.27. The number of para-hydroxylation sites is 2. The Kier molecular flexibility index (Phi) is 8.01. The number of hydrogen-bond acceptors (Lipinski definition) is 4. The van der Waals surface area contributed by atoms with Gasteiger partial charge in [-0.3, -0.25) is 14.5 Å². The second-order valence-corrected chi connectivity index (χ2v) is 11.2. The number of allylic oxidation sites excluding steroid dienone is 1. The summed E-state index contributed by atoms with van der Waals surface area (Å²) < 4.78 is 46.2.